The highest BCUT2D eigenvalue weighted by Crippen LogP contribution is 2.26. The fourth-order valence-corrected chi connectivity index (χ4v) is 2.12. The number of carbonyl (C=O) groups is 1. The Bertz CT molecular complexity index is 643. The first-order valence-corrected chi connectivity index (χ1v) is 7.21. The maximum absolute atomic E-state index is 12.2. The molecule has 6 nitrogen and oxygen atoms in total. The molecule has 0 atom stereocenters. The summed E-state index contributed by atoms with van der Waals surface area (Å²) in [6.07, 6.45) is 5.26. The van der Waals surface area contributed by atoms with E-state index in [9.17, 15) is 4.79 Å². The zero-order valence-electron chi connectivity index (χ0n) is 12.6. The van der Waals surface area contributed by atoms with Gasteiger partial charge < -0.3 is 10.1 Å². The molecule has 21 heavy (non-hydrogen) atoms. The van der Waals surface area contributed by atoms with Crippen LogP contribution < -0.4 is 5.32 Å². The topological polar surface area (TPSA) is 77.0 Å². The highest BCUT2D eigenvalue weighted by molar-refractivity contribution is 6.03. The Balaban J connectivity index is 2.55. The Morgan fingerprint density at radius 3 is 2.76 bits per heavy atom. The molecule has 0 spiro atoms. The van der Waals surface area contributed by atoms with Crippen LogP contribution in [0.25, 0.3) is 11.2 Å². The fraction of sp³-hybridized carbons (Fsp3) is 0.467. The van der Waals surface area contributed by atoms with Gasteiger partial charge >= 0.3 is 5.97 Å². The highest BCUT2D eigenvalue weighted by atomic mass is 16.5. The Kier molecular flexibility index (Phi) is 5.03. The number of nitrogens with one attached hydrogen (secondary N) is 1. The molecule has 2 aromatic heterocycles. The predicted octanol–water partition coefficient (Wildman–Crippen LogP) is 2.72. The van der Waals surface area contributed by atoms with Gasteiger partial charge in [0.1, 0.15) is 11.1 Å². The number of aromatic nitrogens is 3. The second-order valence-electron chi connectivity index (χ2n) is 4.68. The van der Waals surface area contributed by atoms with E-state index in [2.05, 4.69) is 27.2 Å². The smallest absolute Gasteiger partial charge is 0.342 e. The quantitative estimate of drug-likeness (QED) is 0.650. The van der Waals surface area contributed by atoms with Crippen molar-refractivity contribution in [3.05, 3.63) is 23.7 Å². The Morgan fingerprint density at radius 1 is 1.29 bits per heavy atom. The molecule has 6 heteroatoms. The summed E-state index contributed by atoms with van der Waals surface area (Å²) in [5.41, 5.74) is 2.84. The van der Waals surface area contributed by atoms with E-state index in [1.54, 1.807) is 26.2 Å². The molecule has 0 radical (unpaired) electrons. The fourth-order valence-electron chi connectivity index (χ4n) is 2.12. The Morgan fingerprint density at radius 2 is 2.05 bits per heavy atom. The maximum atomic E-state index is 12.2. The minimum atomic E-state index is -0.381. The largest absolute Gasteiger partial charge is 0.462 e. The van der Waals surface area contributed by atoms with Crippen LogP contribution in [0.3, 0.4) is 0 Å². The number of pyridine rings is 1. The summed E-state index contributed by atoms with van der Waals surface area (Å²) >= 11 is 0. The summed E-state index contributed by atoms with van der Waals surface area (Å²) in [7, 11) is 0. The van der Waals surface area contributed by atoms with Gasteiger partial charge in [0.2, 0.25) is 0 Å². The second kappa shape index (κ2) is 6.97. The third-order valence-electron chi connectivity index (χ3n) is 3.11. The van der Waals surface area contributed by atoms with Gasteiger partial charge in [-0.1, -0.05) is 13.3 Å². The van der Waals surface area contributed by atoms with Gasteiger partial charge in [-0.25, -0.2) is 19.7 Å². The molecule has 0 bridgehead atoms. The minimum absolute atomic E-state index is 0.325. The maximum Gasteiger partial charge on any atom is 0.342 e. The summed E-state index contributed by atoms with van der Waals surface area (Å²) in [6.45, 7) is 6.77. The van der Waals surface area contributed by atoms with Crippen LogP contribution in [-0.4, -0.2) is 34.1 Å². The number of aryl methyl sites for hydroxylation is 1. The van der Waals surface area contributed by atoms with E-state index in [1.165, 1.54) is 0 Å². The summed E-state index contributed by atoms with van der Waals surface area (Å²) in [5, 5.41) is 3.29. The summed E-state index contributed by atoms with van der Waals surface area (Å²) in [4.78, 5) is 25.1. The summed E-state index contributed by atoms with van der Waals surface area (Å²) in [5.74, 6) is -0.381. The van der Waals surface area contributed by atoms with Crippen molar-refractivity contribution in [2.75, 3.05) is 18.5 Å². The molecule has 2 rings (SSSR count). The Hall–Kier alpha value is -2.24. The van der Waals surface area contributed by atoms with Crippen LogP contribution in [0.5, 0.6) is 0 Å². The second-order valence-corrected chi connectivity index (χ2v) is 4.68. The average molecular weight is 288 g/mol. The van der Waals surface area contributed by atoms with Crippen LogP contribution in [0.15, 0.2) is 12.4 Å². The molecular formula is C15H20N4O2. The molecular weight excluding hydrogens is 268 g/mol. The summed E-state index contributed by atoms with van der Waals surface area (Å²) < 4.78 is 5.14. The molecule has 0 aliphatic carbocycles. The SMILES string of the molecule is CCCCNc1c(C(=O)OCC)c(C)nc2nccnc12. The zero-order valence-corrected chi connectivity index (χ0v) is 12.6. The van der Waals surface area contributed by atoms with Crippen LogP contribution in [-0.2, 0) is 4.74 Å². The van der Waals surface area contributed by atoms with Crippen molar-refractivity contribution in [2.45, 2.75) is 33.6 Å². The molecule has 0 saturated carbocycles. The lowest BCUT2D eigenvalue weighted by Gasteiger charge is -2.14. The molecule has 0 aliphatic heterocycles. The van der Waals surface area contributed by atoms with E-state index in [-0.39, 0.29) is 5.97 Å². The van der Waals surface area contributed by atoms with Crippen LogP contribution in [0.1, 0.15) is 42.7 Å². The Labute approximate surface area is 124 Å². The first-order chi connectivity index (χ1) is 10.2. The number of unbranched alkanes of at least 4 members (excludes halogenated alkanes) is 1. The number of rotatable bonds is 6. The van der Waals surface area contributed by atoms with Gasteiger partial charge in [0.15, 0.2) is 5.65 Å². The number of hydrogen-bond donors (Lipinski definition) is 1. The van der Waals surface area contributed by atoms with E-state index in [0.717, 1.165) is 19.4 Å². The van der Waals surface area contributed by atoms with Crippen molar-refractivity contribution in [3.8, 4) is 0 Å². The molecule has 112 valence electrons. The van der Waals surface area contributed by atoms with Crippen LogP contribution in [0.2, 0.25) is 0 Å². The van der Waals surface area contributed by atoms with Gasteiger partial charge in [-0.05, 0) is 20.3 Å². The number of nitrogens with zero attached hydrogens (tertiary/aromatic N) is 3. The van der Waals surface area contributed by atoms with Gasteiger partial charge in [-0.15, -0.1) is 0 Å². The van der Waals surface area contributed by atoms with Gasteiger partial charge in [-0.2, -0.15) is 0 Å². The van der Waals surface area contributed by atoms with Gasteiger partial charge in [-0.3, -0.25) is 0 Å². The lowest BCUT2D eigenvalue weighted by molar-refractivity contribution is 0.0526. The normalized spacial score (nSPS) is 10.6. The van der Waals surface area contributed by atoms with Crippen molar-refractivity contribution in [1.82, 2.24) is 15.0 Å². The molecule has 0 saturated heterocycles. The van der Waals surface area contributed by atoms with Crippen molar-refractivity contribution >= 4 is 22.8 Å². The predicted molar refractivity (Wildman–Crippen MR) is 81.4 cm³/mol. The van der Waals surface area contributed by atoms with Crippen molar-refractivity contribution in [2.24, 2.45) is 0 Å². The molecule has 0 aliphatic rings. The number of hydrogen-bond acceptors (Lipinski definition) is 6. The standard InChI is InChI=1S/C15H20N4O2/c1-4-6-7-16-12-11(15(20)21-5-2)10(3)19-14-13(12)17-8-9-18-14/h8-9H,4-7H2,1-3H3,(H,16,18,19). The first kappa shape index (κ1) is 15.2. The third-order valence-corrected chi connectivity index (χ3v) is 3.11. The number of ether oxygens (including phenoxy) is 1. The average Bonchev–Trinajstić information content (AvgIpc) is 2.47. The van der Waals surface area contributed by atoms with Crippen LogP contribution in [0.4, 0.5) is 5.69 Å². The van der Waals surface area contributed by atoms with Crippen LogP contribution >= 0.6 is 0 Å². The molecule has 0 unspecified atom stereocenters. The first-order valence-electron chi connectivity index (χ1n) is 7.21. The molecule has 0 aromatic carbocycles. The monoisotopic (exact) mass is 288 g/mol. The van der Waals surface area contributed by atoms with E-state index < -0.39 is 0 Å². The van der Waals surface area contributed by atoms with Gasteiger partial charge in [0, 0.05) is 18.9 Å². The lowest BCUT2D eigenvalue weighted by atomic mass is 10.1. The number of fused-ring (bicyclic) bond motifs is 1. The number of anilines is 1. The summed E-state index contributed by atoms with van der Waals surface area (Å²) in [6, 6.07) is 0. The van der Waals surface area contributed by atoms with Crippen LogP contribution in [0, 0.1) is 6.92 Å². The number of carbonyl (C=O) groups excluding carboxylic acids is 1. The zero-order chi connectivity index (χ0) is 15.2. The molecule has 0 fully saturated rings. The molecule has 2 heterocycles. The van der Waals surface area contributed by atoms with Gasteiger partial charge in [0.25, 0.3) is 0 Å². The van der Waals surface area contributed by atoms with Crippen molar-refractivity contribution < 1.29 is 9.53 Å². The van der Waals surface area contributed by atoms with Crippen molar-refractivity contribution in [3.63, 3.8) is 0 Å². The highest BCUT2D eigenvalue weighted by Gasteiger charge is 2.21. The third kappa shape index (κ3) is 3.26. The molecule has 0 amide bonds. The van der Waals surface area contributed by atoms with E-state index in [4.69, 9.17) is 4.74 Å². The van der Waals surface area contributed by atoms with Gasteiger partial charge in [0.05, 0.1) is 18.0 Å². The lowest BCUT2D eigenvalue weighted by Crippen LogP contribution is -2.14. The van der Waals surface area contributed by atoms with Crippen molar-refractivity contribution in [1.29, 1.82) is 0 Å². The molecule has 1 N–H and O–H groups in total. The van der Waals surface area contributed by atoms with E-state index in [0.29, 0.717) is 34.7 Å². The number of esters is 1. The minimum Gasteiger partial charge on any atom is -0.462 e. The molecule has 2 aromatic rings. The van der Waals surface area contributed by atoms with E-state index in [1.807, 2.05) is 0 Å². The van der Waals surface area contributed by atoms with E-state index >= 15 is 0 Å².